The van der Waals surface area contributed by atoms with Crippen molar-refractivity contribution in [2.75, 3.05) is 14.1 Å². The first-order valence-electron chi connectivity index (χ1n) is 13.4. The first-order chi connectivity index (χ1) is 19.8. The van der Waals surface area contributed by atoms with Crippen molar-refractivity contribution in [3.63, 3.8) is 0 Å². The number of aromatic nitrogens is 1. The lowest BCUT2D eigenvalue weighted by Gasteiger charge is -2.20. The van der Waals surface area contributed by atoms with Crippen LogP contribution in [0.2, 0.25) is 0 Å². The summed E-state index contributed by atoms with van der Waals surface area (Å²) < 4.78 is 6.20. The van der Waals surface area contributed by atoms with Crippen molar-refractivity contribution in [1.29, 1.82) is 0 Å². The van der Waals surface area contributed by atoms with E-state index >= 15 is 0 Å². The van der Waals surface area contributed by atoms with Gasteiger partial charge in [-0.15, -0.1) is 0 Å². The highest BCUT2D eigenvalue weighted by Crippen LogP contribution is 2.36. The average Bonchev–Trinajstić information content (AvgIpc) is 2.97. The van der Waals surface area contributed by atoms with E-state index in [1.807, 2.05) is 91.9 Å². The summed E-state index contributed by atoms with van der Waals surface area (Å²) in [6, 6.07) is 27.9. The van der Waals surface area contributed by atoms with Gasteiger partial charge in [0.2, 0.25) is 5.91 Å². The Hall–Kier alpha value is -3.75. The largest absolute Gasteiger partial charge is 0.481 e. The fourth-order valence-corrected chi connectivity index (χ4v) is 7.01. The molecule has 0 saturated carbocycles. The molecule has 1 N–H and O–H groups in total. The molecule has 212 valence electrons. The summed E-state index contributed by atoms with van der Waals surface area (Å²) in [5, 5.41) is 10.2. The fourth-order valence-electron chi connectivity index (χ4n) is 4.21. The first kappa shape index (κ1) is 30.2. The van der Waals surface area contributed by atoms with Crippen LogP contribution in [0.4, 0.5) is 0 Å². The summed E-state index contributed by atoms with van der Waals surface area (Å²) in [5.41, 5.74) is 3.90. The van der Waals surface area contributed by atoms with Gasteiger partial charge in [0.25, 0.3) is 0 Å². The molecular formula is C33H34N2O4S2. The Morgan fingerprint density at radius 3 is 2.46 bits per heavy atom. The second-order valence-corrected chi connectivity index (χ2v) is 12.8. The summed E-state index contributed by atoms with van der Waals surface area (Å²) in [7, 11) is 6.56. The summed E-state index contributed by atoms with van der Waals surface area (Å²) >= 11 is 0. The Morgan fingerprint density at radius 1 is 0.927 bits per heavy atom. The Balaban J connectivity index is 1.41. The molecule has 2 atom stereocenters. The molecule has 3 aromatic carbocycles. The highest BCUT2D eigenvalue weighted by atomic mass is 33.1. The molecule has 0 bridgehead atoms. The third kappa shape index (κ3) is 9.40. The van der Waals surface area contributed by atoms with Crippen LogP contribution in [-0.2, 0) is 16.0 Å². The molecule has 0 aliphatic heterocycles. The van der Waals surface area contributed by atoms with E-state index in [1.54, 1.807) is 29.8 Å². The number of carboxylic acid groups (broad SMARTS) is 1. The van der Waals surface area contributed by atoms with E-state index in [2.05, 4.69) is 12.1 Å². The second-order valence-electron chi connectivity index (χ2n) is 9.91. The van der Waals surface area contributed by atoms with Gasteiger partial charge in [0, 0.05) is 31.2 Å². The van der Waals surface area contributed by atoms with E-state index in [1.165, 1.54) is 10.8 Å². The smallest absolute Gasteiger partial charge is 0.303 e. The van der Waals surface area contributed by atoms with E-state index in [9.17, 15) is 14.7 Å². The number of aliphatic carboxylic acids is 1. The lowest BCUT2D eigenvalue weighted by molar-refractivity contribution is -0.137. The number of hydrogen-bond donors (Lipinski definition) is 1. The number of carboxylic acids is 1. The maximum absolute atomic E-state index is 12.3. The molecular weight excluding hydrogens is 553 g/mol. The molecule has 8 heteroatoms. The molecule has 41 heavy (non-hydrogen) atoms. The van der Waals surface area contributed by atoms with Gasteiger partial charge in [-0.25, -0.2) is 4.98 Å². The minimum atomic E-state index is -0.819. The molecule has 0 saturated heterocycles. The average molecular weight is 587 g/mol. The zero-order valence-electron chi connectivity index (χ0n) is 23.4. The molecule has 1 amide bonds. The summed E-state index contributed by atoms with van der Waals surface area (Å²) in [5.74, 6) is 0.658. The standard InChI is InChI=1S/C33H34N2O4S2/c1-23(33(38)35(2)3)40-41-30(18-19-32(36)37)22-25-9-7-12-29(21-25)39-28-11-6-8-24(20-28)14-16-27-17-15-26-10-4-5-13-31(26)34-27/h4-17,20-21,23,30H,18-19,22H2,1-3H3,(H,36,37)/b16-14+. The van der Waals surface area contributed by atoms with Crippen LogP contribution in [0.5, 0.6) is 11.5 Å². The van der Waals surface area contributed by atoms with Crippen molar-refractivity contribution in [2.24, 2.45) is 0 Å². The van der Waals surface area contributed by atoms with Crippen LogP contribution in [0.1, 0.15) is 36.6 Å². The monoisotopic (exact) mass is 586 g/mol. The van der Waals surface area contributed by atoms with E-state index in [0.29, 0.717) is 18.6 Å². The van der Waals surface area contributed by atoms with Crippen molar-refractivity contribution < 1.29 is 19.4 Å². The molecule has 0 radical (unpaired) electrons. The summed E-state index contributed by atoms with van der Waals surface area (Å²) in [6.45, 7) is 1.88. The Kier molecular flexibility index (Phi) is 10.9. The molecule has 4 rings (SSSR count). The van der Waals surface area contributed by atoms with Gasteiger partial charge in [0.15, 0.2) is 0 Å². The Morgan fingerprint density at radius 2 is 1.68 bits per heavy atom. The quantitative estimate of drug-likeness (QED) is 0.160. The van der Waals surface area contributed by atoms with Crippen LogP contribution in [0.3, 0.4) is 0 Å². The minimum Gasteiger partial charge on any atom is -0.481 e. The van der Waals surface area contributed by atoms with Crippen molar-refractivity contribution in [3.05, 3.63) is 102 Å². The summed E-state index contributed by atoms with van der Waals surface area (Å²) in [4.78, 5) is 29.8. The molecule has 1 aromatic heterocycles. The molecule has 0 fully saturated rings. The van der Waals surface area contributed by atoms with Crippen molar-refractivity contribution in [2.45, 2.75) is 36.7 Å². The van der Waals surface area contributed by atoms with Crippen molar-refractivity contribution in [3.8, 4) is 11.5 Å². The molecule has 1 heterocycles. The first-order valence-corrected chi connectivity index (χ1v) is 15.7. The van der Waals surface area contributed by atoms with Gasteiger partial charge >= 0.3 is 5.97 Å². The number of fused-ring (bicyclic) bond motifs is 1. The van der Waals surface area contributed by atoms with Gasteiger partial charge in [0.1, 0.15) is 11.5 Å². The number of carbonyl (C=O) groups is 2. The Labute approximate surface area is 249 Å². The molecule has 0 aliphatic rings. The molecule has 4 aromatic rings. The Bertz CT molecular complexity index is 1520. The molecule has 0 aliphatic carbocycles. The third-order valence-electron chi connectivity index (χ3n) is 6.33. The van der Waals surface area contributed by atoms with Gasteiger partial charge in [-0.05, 0) is 73.4 Å². The van der Waals surface area contributed by atoms with E-state index in [-0.39, 0.29) is 22.8 Å². The fraction of sp³-hybridized carbons (Fsp3) is 0.242. The zero-order chi connectivity index (χ0) is 29.2. The van der Waals surface area contributed by atoms with Crippen molar-refractivity contribution in [1.82, 2.24) is 9.88 Å². The molecule has 0 spiro atoms. The number of hydrogen-bond acceptors (Lipinski definition) is 6. The van der Waals surface area contributed by atoms with Crippen LogP contribution in [-0.4, -0.2) is 51.5 Å². The van der Waals surface area contributed by atoms with E-state index in [0.717, 1.165) is 33.5 Å². The molecule has 6 nitrogen and oxygen atoms in total. The number of amides is 1. The molecule has 2 unspecified atom stereocenters. The number of nitrogens with zero attached hydrogens (tertiary/aromatic N) is 2. The normalized spacial score (nSPS) is 12.8. The number of carbonyl (C=O) groups excluding carboxylic acids is 1. The number of rotatable bonds is 13. The highest BCUT2D eigenvalue weighted by molar-refractivity contribution is 8.77. The minimum absolute atomic E-state index is 0.0421. The summed E-state index contributed by atoms with van der Waals surface area (Å²) in [6.07, 6.45) is 5.28. The van der Waals surface area contributed by atoms with E-state index < -0.39 is 5.97 Å². The predicted molar refractivity (Wildman–Crippen MR) is 171 cm³/mol. The lowest BCUT2D eigenvalue weighted by Crippen LogP contribution is -2.29. The van der Waals surface area contributed by atoms with Crippen LogP contribution >= 0.6 is 21.6 Å². The maximum atomic E-state index is 12.3. The number of para-hydroxylation sites is 1. The SMILES string of the molecule is CC(SSC(CCC(=O)O)Cc1cccc(Oc2cccc(/C=C/c3ccc4ccccc4n3)c2)c1)C(=O)N(C)C. The third-order valence-corrected chi connectivity index (χ3v) is 9.62. The van der Waals surface area contributed by atoms with Gasteiger partial charge in [-0.1, -0.05) is 76.2 Å². The number of benzene rings is 3. The zero-order valence-corrected chi connectivity index (χ0v) is 25.0. The van der Waals surface area contributed by atoms with Crippen molar-refractivity contribution >= 4 is 56.5 Å². The second kappa shape index (κ2) is 14.8. The van der Waals surface area contributed by atoms with Gasteiger partial charge in [0.05, 0.1) is 16.5 Å². The van der Waals surface area contributed by atoms with Gasteiger partial charge < -0.3 is 14.7 Å². The number of pyridine rings is 1. The lowest BCUT2D eigenvalue weighted by atomic mass is 10.1. The maximum Gasteiger partial charge on any atom is 0.303 e. The van der Waals surface area contributed by atoms with Crippen LogP contribution in [0.25, 0.3) is 23.1 Å². The highest BCUT2D eigenvalue weighted by Gasteiger charge is 2.20. The van der Waals surface area contributed by atoms with Gasteiger partial charge in [-0.3, -0.25) is 9.59 Å². The van der Waals surface area contributed by atoms with Crippen LogP contribution in [0, 0.1) is 0 Å². The van der Waals surface area contributed by atoms with Crippen LogP contribution < -0.4 is 4.74 Å². The van der Waals surface area contributed by atoms with E-state index in [4.69, 9.17) is 9.72 Å². The topological polar surface area (TPSA) is 79.7 Å². The van der Waals surface area contributed by atoms with Crippen LogP contribution in [0.15, 0.2) is 84.9 Å². The number of ether oxygens (including phenoxy) is 1. The van der Waals surface area contributed by atoms with Gasteiger partial charge in [-0.2, -0.15) is 0 Å². The predicted octanol–water partition coefficient (Wildman–Crippen LogP) is 7.83.